The van der Waals surface area contributed by atoms with E-state index in [0.717, 1.165) is 19.4 Å². The maximum Gasteiger partial charge on any atom is 0.0664 e. The molecule has 0 amide bonds. The van der Waals surface area contributed by atoms with E-state index >= 15 is 0 Å². The Bertz CT molecular complexity index is 151. The highest BCUT2D eigenvalue weighted by atomic mass is 16.3. The normalized spacial score (nSPS) is 15.4. The van der Waals surface area contributed by atoms with Crippen molar-refractivity contribution in [2.45, 2.75) is 65.1 Å². The monoisotopic (exact) mass is 231 g/mol. The minimum Gasteiger partial charge on any atom is -0.392 e. The summed E-state index contributed by atoms with van der Waals surface area (Å²) in [4.78, 5) is 2.18. The van der Waals surface area contributed by atoms with Gasteiger partial charge in [0.05, 0.1) is 12.2 Å². The zero-order valence-electron chi connectivity index (χ0n) is 11.2. The van der Waals surface area contributed by atoms with Crippen molar-refractivity contribution in [1.82, 2.24) is 4.90 Å². The Balaban J connectivity index is 3.81. The van der Waals surface area contributed by atoms with Crippen molar-refractivity contribution in [1.29, 1.82) is 0 Å². The van der Waals surface area contributed by atoms with E-state index in [2.05, 4.69) is 11.8 Å². The summed E-state index contributed by atoms with van der Waals surface area (Å²) in [5.74, 6) is 0. The Morgan fingerprint density at radius 3 is 2.19 bits per heavy atom. The van der Waals surface area contributed by atoms with Gasteiger partial charge in [0, 0.05) is 13.1 Å². The van der Waals surface area contributed by atoms with Gasteiger partial charge < -0.3 is 10.2 Å². The average Bonchev–Trinajstić information content (AvgIpc) is 2.23. The molecule has 2 atom stereocenters. The molecule has 2 N–H and O–H groups in total. The van der Waals surface area contributed by atoms with Gasteiger partial charge in [-0.15, -0.1) is 0 Å². The Hall–Kier alpha value is -0.120. The fourth-order valence-corrected chi connectivity index (χ4v) is 1.82. The molecule has 0 aromatic rings. The van der Waals surface area contributed by atoms with E-state index < -0.39 is 0 Å². The number of aliphatic hydroxyl groups is 2. The smallest absolute Gasteiger partial charge is 0.0664 e. The Morgan fingerprint density at radius 1 is 1.00 bits per heavy atom. The van der Waals surface area contributed by atoms with Gasteiger partial charge in [0.2, 0.25) is 0 Å². The van der Waals surface area contributed by atoms with Crippen molar-refractivity contribution in [3.8, 4) is 0 Å². The second kappa shape index (κ2) is 10.1. The highest BCUT2D eigenvalue weighted by Gasteiger charge is 2.11. The van der Waals surface area contributed by atoms with Crippen molar-refractivity contribution >= 4 is 0 Å². The third-order valence-electron chi connectivity index (χ3n) is 2.79. The molecule has 0 heterocycles. The minimum atomic E-state index is -0.310. The van der Waals surface area contributed by atoms with Crippen LogP contribution in [-0.4, -0.2) is 47.0 Å². The van der Waals surface area contributed by atoms with E-state index in [4.69, 9.17) is 0 Å². The molecule has 3 heteroatoms. The summed E-state index contributed by atoms with van der Waals surface area (Å²) in [5, 5.41) is 19.0. The standard InChI is InChI=1S/C13H29NO2/c1-4-6-7-8-9-14(10-12(3)15)11-13(16)5-2/h12-13,15-16H,4-11H2,1-3H3. The Kier molecular flexibility index (Phi) is 9.99. The molecule has 0 rings (SSSR count). The van der Waals surface area contributed by atoms with Gasteiger partial charge >= 0.3 is 0 Å². The van der Waals surface area contributed by atoms with Gasteiger partial charge in [0.15, 0.2) is 0 Å². The van der Waals surface area contributed by atoms with Gasteiger partial charge in [0.25, 0.3) is 0 Å². The third kappa shape index (κ3) is 9.13. The van der Waals surface area contributed by atoms with E-state index in [1.165, 1.54) is 19.3 Å². The first-order chi connectivity index (χ1) is 7.60. The van der Waals surface area contributed by atoms with E-state index in [9.17, 15) is 10.2 Å². The largest absolute Gasteiger partial charge is 0.392 e. The average molecular weight is 231 g/mol. The molecule has 0 saturated carbocycles. The number of unbranched alkanes of at least 4 members (excludes halogenated alkanes) is 3. The van der Waals surface area contributed by atoms with Gasteiger partial charge in [-0.05, 0) is 26.3 Å². The second-order valence-electron chi connectivity index (χ2n) is 4.73. The van der Waals surface area contributed by atoms with E-state index in [1.54, 1.807) is 6.92 Å². The number of hydrogen-bond acceptors (Lipinski definition) is 3. The molecule has 0 radical (unpaired) electrons. The molecular weight excluding hydrogens is 202 g/mol. The van der Waals surface area contributed by atoms with Crippen LogP contribution in [0.1, 0.15) is 52.9 Å². The van der Waals surface area contributed by atoms with Crippen LogP contribution in [0.2, 0.25) is 0 Å². The predicted octanol–water partition coefficient (Wildman–Crippen LogP) is 2.02. The summed E-state index contributed by atoms with van der Waals surface area (Å²) in [6, 6.07) is 0. The van der Waals surface area contributed by atoms with Crippen LogP contribution in [0.5, 0.6) is 0 Å². The lowest BCUT2D eigenvalue weighted by atomic mass is 10.2. The van der Waals surface area contributed by atoms with Crippen molar-refractivity contribution in [2.24, 2.45) is 0 Å². The van der Waals surface area contributed by atoms with Crippen LogP contribution < -0.4 is 0 Å². The van der Waals surface area contributed by atoms with Crippen LogP contribution in [0.25, 0.3) is 0 Å². The predicted molar refractivity (Wildman–Crippen MR) is 68.6 cm³/mol. The lowest BCUT2D eigenvalue weighted by molar-refractivity contribution is 0.0733. The van der Waals surface area contributed by atoms with Crippen LogP contribution in [0, 0.1) is 0 Å². The van der Waals surface area contributed by atoms with Crippen LogP contribution in [0.15, 0.2) is 0 Å². The summed E-state index contributed by atoms with van der Waals surface area (Å²) in [6.45, 7) is 8.34. The molecular formula is C13H29NO2. The number of hydrogen-bond donors (Lipinski definition) is 2. The van der Waals surface area contributed by atoms with Crippen molar-refractivity contribution < 1.29 is 10.2 Å². The first-order valence-corrected chi connectivity index (χ1v) is 6.68. The molecule has 16 heavy (non-hydrogen) atoms. The number of aliphatic hydroxyl groups excluding tert-OH is 2. The summed E-state index contributed by atoms with van der Waals surface area (Å²) in [5.41, 5.74) is 0. The van der Waals surface area contributed by atoms with Crippen LogP contribution in [-0.2, 0) is 0 Å². The van der Waals surface area contributed by atoms with Crippen molar-refractivity contribution in [2.75, 3.05) is 19.6 Å². The van der Waals surface area contributed by atoms with Gasteiger partial charge in [-0.1, -0.05) is 33.1 Å². The van der Waals surface area contributed by atoms with Crippen LogP contribution >= 0.6 is 0 Å². The van der Waals surface area contributed by atoms with Crippen molar-refractivity contribution in [3.05, 3.63) is 0 Å². The molecule has 0 aliphatic carbocycles. The lowest BCUT2D eigenvalue weighted by Crippen LogP contribution is -2.37. The quantitative estimate of drug-likeness (QED) is 0.565. The van der Waals surface area contributed by atoms with Crippen LogP contribution in [0.4, 0.5) is 0 Å². The minimum absolute atomic E-state index is 0.259. The maximum absolute atomic E-state index is 9.62. The summed E-state index contributed by atoms with van der Waals surface area (Å²) < 4.78 is 0. The molecule has 0 aliphatic rings. The van der Waals surface area contributed by atoms with E-state index in [1.807, 2.05) is 6.92 Å². The second-order valence-corrected chi connectivity index (χ2v) is 4.73. The highest BCUT2D eigenvalue weighted by molar-refractivity contribution is 4.66. The zero-order chi connectivity index (χ0) is 12.4. The SMILES string of the molecule is CCCCCCN(CC(C)O)CC(O)CC. The van der Waals surface area contributed by atoms with Crippen molar-refractivity contribution in [3.63, 3.8) is 0 Å². The van der Waals surface area contributed by atoms with Gasteiger partial charge in [0.1, 0.15) is 0 Å². The fraction of sp³-hybridized carbons (Fsp3) is 1.00. The molecule has 0 aliphatic heterocycles. The maximum atomic E-state index is 9.62. The molecule has 98 valence electrons. The molecule has 0 aromatic heterocycles. The molecule has 0 bridgehead atoms. The molecule has 0 spiro atoms. The highest BCUT2D eigenvalue weighted by Crippen LogP contribution is 2.04. The van der Waals surface area contributed by atoms with Crippen LogP contribution in [0.3, 0.4) is 0 Å². The Labute approximate surface area is 100 Å². The van der Waals surface area contributed by atoms with E-state index in [0.29, 0.717) is 13.1 Å². The zero-order valence-corrected chi connectivity index (χ0v) is 11.2. The lowest BCUT2D eigenvalue weighted by Gasteiger charge is -2.25. The number of nitrogens with zero attached hydrogens (tertiary/aromatic N) is 1. The molecule has 0 fully saturated rings. The first-order valence-electron chi connectivity index (χ1n) is 6.68. The topological polar surface area (TPSA) is 43.7 Å². The summed E-state index contributed by atoms with van der Waals surface area (Å²) >= 11 is 0. The molecule has 3 nitrogen and oxygen atoms in total. The molecule has 0 saturated heterocycles. The number of rotatable bonds is 10. The van der Waals surface area contributed by atoms with Gasteiger partial charge in [-0.3, -0.25) is 4.90 Å². The van der Waals surface area contributed by atoms with Gasteiger partial charge in [-0.2, -0.15) is 0 Å². The Morgan fingerprint density at radius 2 is 1.69 bits per heavy atom. The van der Waals surface area contributed by atoms with Gasteiger partial charge in [-0.25, -0.2) is 0 Å². The molecule has 0 aromatic carbocycles. The third-order valence-corrected chi connectivity index (χ3v) is 2.79. The fourth-order valence-electron chi connectivity index (χ4n) is 1.82. The summed E-state index contributed by atoms with van der Waals surface area (Å²) in [6.07, 6.45) is 5.14. The van der Waals surface area contributed by atoms with E-state index in [-0.39, 0.29) is 12.2 Å². The first kappa shape index (κ1) is 15.9. The summed E-state index contributed by atoms with van der Waals surface area (Å²) in [7, 11) is 0. The molecule has 2 unspecified atom stereocenters.